The summed E-state index contributed by atoms with van der Waals surface area (Å²) in [5, 5.41) is 5.96. The van der Waals surface area contributed by atoms with Crippen LogP contribution in [0, 0.1) is 0 Å². The number of ether oxygens (including phenoxy) is 1. The van der Waals surface area contributed by atoms with E-state index in [1.807, 2.05) is 6.92 Å². The van der Waals surface area contributed by atoms with Crippen molar-refractivity contribution >= 4 is 5.82 Å². The van der Waals surface area contributed by atoms with Gasteiger partial charge in [-0.15, -0.1) is 5.10 Å². The van der Waals surface area contributed by atoms with Crippen LogP contribution in [0.3, 0.4) is 0 Å². The second kappa shape index (κ2) is 4.68. The van der Waals surface area contributed by atoms with Crippen molar-refractivity contribution in [3.8, 4) is 0 Å². The fourth-order valence-corrected chi connectivity index (χ4v) is 1.90. The molecule has 0 aromatic carbocycles. The number of nitrogens with one attached hydrogen (secondary N) is 2. The molecule has 4 N–H and O–H groups in total. The molecule has 94 valence electrons. The van der Waals surface area contributed by atoms with E-state index in [4.69, 9.17) is 10.5 Å². The number of nitrogens with two attached hydrogens (primary N) is 1. The minimum absolute atomic E-state index is 0.0366. The largest absolute Gasteiger partial charge is 0.370 e. The summed E-state index contributed by atoms with van der Waals surface area (Å²) >= 11 is 0. The Hall–Kier alpha value is -1.67. The summed E-state index contributed by atoms with van der Waals surface area (Å²) in [5.41, 5.74) is 4.44. The predicted octanol–water partition coefficient (Wildman–Crippen LogP) is -1.99. The fraction of sp³-hybridized carbons (Fsp3) is 0.667. The summed E-state index contributed by atoms with van der Waals surface area (Å²) in [4.78, 5) is 26.4. The van der Waals surface area contributed by atoms with Crippen LogP contribution in [-0.2, 0) is 4.74 Å². The monoisotopic (exact) mass is 241 g/mol. The Balaban J connectivity index is 2.26. The first-order valence-corrected chi connectivity index (χ1v) is 5.39. The third-order valence-electron chi connectivity index (χ3n) is 2.58. The van der Waals surface area contributed by atoms with E-state index in [0.717, 1.165) is 0 Å². The summed E-state index contributed by atoms with van der Waals surface area (Å²) in [6, 6.07) is 0. The Morgan fingerprint density at radius 2 is 2.29 bits per heavy atom. The highest BCUT2D eigenvalue weighted by molar-refractivity contribution is 5.35. The maximum atomic E-state index is 11.6. The smallest absolute Gasteiger partial charge is 0.342 e. The first-order valence-electron chi connectivity index (χ1n) is 5.39. The number of hydrogen-bond donors (Lipinski definition) is 3. The Morgan fingerprint density at radius 1 is 1.53 bits per heavy atom. The van der Waals surface area contributed by atoms with Gasteiger partial charge in [-0.2, -0.15) is 0 Å². The molecule has 17 heavy (non-hydrogen) atoms. The van der Waals surface area contributed by atoms with Crippen molar-refractivity contribution in [1.82, 2.24) is 15.2 Å². The molecule has 2 atom stereocenters. The Kier molecular flexibility index (Phi) is 3.25. The lowest BCUT2D eigenvalue weighted by atomic mass is 10.2. The van der Waals surface area contributed by atoms with Crippen molar-refractivity contribution in [2.24, 2.45) is 5.73 Å². The number of morpholine rings is 1. The first kappa shape index (κ1) is 11.8. The zero-order chi connectivity index (χ0) is 12.4. The van der Waals surface area contributed by atoms with Gasteiger partial charge in [0.15, 0.2) is 0 Å². The summed E-state index contributed by atoms with van der Waals surface area (Å²) in [7, 11) is 0. The molecule has 0 radical (unpaired) electrons. The van der Waals surface area contributed by atoms with Crippen LogP contribution >= 0.6 is 0 Å². The highest BCUT2D eigenvalue weighted by Crippen LogP contribution is 2.13. The van der Waals surface area contributed by atoms with Gasteiger partial charge >= 0.3 is 5.69 Å². The molecule has 1 fully saturated rings. The standard InChI is InChI=1S/C9H15N5O3/c1-5-3-14(4-6(2-10)17-5)7-8(15)11-9(16)13-12-7/h5-6H,2-4,10H2,1H3,(H2,11,13,15,16). The third-order valence-corrected chi connectivity index (χ3v) is 2.58. The zero-order valence-corrected chi connectivity index (χ0v) is 9.47. The van der Waals surface area contributed by atoms with Crippen LogP contribution in [0.5, 0.6) is 0 Å². The van der Waals surface area contributed by atoms with Gasteiger partial charge in [-0.1, -0.05) is 0 Å². The first-order chi connectivity index (χ1) is 8.10. The molecule has 0 bridgehead atoms. The van der Waals surface area contributed by atoms with Crippen molar-refractivity contribution in [3.63, 3.8) is 0 Å². The molecule has 8 heteroatoms. The van der Waals surface area contributed by atoms with E-state index in [1.165, 1.54) is 0 Å². The van der Waals surface area contributed by atoms with Gasteiger partial charge in [0.1, 0.15) is 0 Å². The van der Waals surface area contributed by atoms with E-state index in [2.05, 4.69) is 15.2 Å². The molecule has 1 aromatic rings. The molecular weight excluding hydrogens is 226 g/mol. The second-order valence-corrected chi connectivity index (χ2v) is 4.04. The van der Waals surface area contributed by atoms with Gasteiger partial charge in [0.25, 0.3) is 5.56 Å². The van der Waals surface area contributed by atoms with Gasteiger partial charge in [-0.3, -0.25) is 9.78 Å². The van der Waals surface area contributed by atoms with Gasteiger partial charge in [0, 0.05) is 19.6 Å². The summed E-state index contributed by atoms with van der Waals surface area (Å²) in [6.07, 6.45) is -0.169. The topological polar surface area (TPSA) is 117 Å². The van der Waals surface area contributed by atoms with Crippen LogP contribution < -0.4 is 21.9 Å². The number of anilines is 1. The van der Waals surface area contributed by atoms with Crippen LogP contribution in [0.4, 0.5) is 5.82 Å². The van der Waals surface area contributed by atoms with E-state index in [0.29, 0.717) is 19.6 Å². The van der Waals surface area contributed by atoms with E-state index in [-0.39, 0.29) is 18.0 Å². The van der Waals surface area contributed by atoms with E-state index in [1.54, 1.807) is 4.90 Å². The van der Waals surface area contributed by atoms with Gasteiger partial charge in [0.05, 0.1) is 12.2 Å². The number of hydrogen-bond acceptors (Lipinski definition) is 6. The minimum atomic E-state index is -0.615. The molecule has 1 aliphatic heterocycles. The summed E-state index contributed by atoms with van der Waals surface area (Å²) in [5.74, 6) is 0.193. The molecule has 0 amide bonds. The molecule has 2 unspecified atom stereocenters. The van der Waals surface area contributed by atoms with Crippen LogP contribution in [0.1, 0.15) is 6.92 Å². The van der Waals surface area contributed by atoms with Crippen LogP contribution in [-0.4, -0.2) is 47.0 Å². The lowest BCUT2D eigenvalue weighted by Gasteiger charge is -2.36. The highest BCUT2D eigenvalue weighted by Gasteiger charge is 2.26. The minimum Gasteiger partial charge on any atom is -0.370 e. The maximum absolute atomic E-state index is 11.6. The molecule has 1 aromatic heterocycles. The molecule has 8 nitrogen and oxygen atoms in total. The van der Waals surface area contributed by atoms with Crippen molar-refractivity contribution in [3.05, 3.63) is 20.8 Å². The SMILES string of the molecule is CC1CN(c2n[nH]c(=O)[nH]c2=O)CC(CN)O1. The molecule has 0 saturated carbocycles. The number of H-pyrrole nitrogens is 2. The quantitative estimate of drug-likeness (QED) is 0.552. The van der Waals surface area contributed by atoms with Crippen molar-refractivity contribution in [1.29, 1.82) is 0 Å². The Morgan fingerprint density at radius 3 is 2.94 bits per heavy atom. The van der Waals surface area contributed by atoms with Crippen LogP contribution in [0.15, 0.2) is 9.59 Å². The number of aromatic amines is 2. The number of nitrogens with zero attached hydrogens (tertiary/aromatic N) is 2. The van der Waals surface area contributed by atoms with Crippen molar-refractivity contribution < 1.29 is 4.74 Å². The highest BCUT2D eigenvalue weighted by atomic mass is 16.5. The van der Waals surface area contributed by atoms with E-state index >= 15 is 0 Å². The normalized spacial score (nSPS) is 24.9. The number of rotatable bonds is 2. The fourth-order valence-electron chi connectivity index (χ4n) is 1.90. The average Bonchev–Trinajstić information content (AvgIpc) is 2.28. The zero-order valence-electron chi connectivity index (χ0n) is 9.47. The molecule has 0 aliphatic carbocycles. The van der Waals surface area contributed by atoms with Crippen molar-refractivity contribution in [2.75, 3.05) is 24.5 Å². The molecule has 1 saturated heterocycles. The molecular formula is C9H15N5O3. The van der Waals surface area contributed by atoms with Crippen LogP contribution in [0.25, 0.3) is 0 Å². The average molecular weight is 241 g/mol. The summed E-state index contributed by atoms with van der Waals surface area (Å²) < 4.78 is 5.57. The molecule has 1 aliphatic rings. The van der Waals surface area contributed by atoms with Gasteiger partial charge < -0.3 is 15.4 Å². The lowest BCUT2D eigenvalue weighted by Crippen LogP contribution is -2.51. The Bertz CT molecular complexity index is 496. The predicted molar refractivity (Wildman–Crippen MR) is 61.1 cm³/mol. The molecule has 0 spiro atoms. The molecule has 2 heterocycles. The Labute approximate surface area is 96.8 Å². The second-order valence-electron chi connectivity index (χ2n) is 4.04. The molecule has 2 rings (SSSR count). The van der Waals surface area contributed by atoms with Gasteiger partial charge in [0.2, 0.25) is 5.82 Å². The summed E-state index contributed by atoms with van der Waals surface area (Å²) in [6.45, 7) is 3.30. The van der Waals surface area contributed by atoms with E-state index < -0.39 is 11.2 Å². The van der Waals surface area contributed by atoms with Gasteiger partial charge in [-0.05, 0) is 6.92 Å². The number of aromatic nitrogens is 3. The van der Waals surface area contributed by atoms with Crippen LogP contribution in [0.2, 0.25) is 0 Å². The third kappa shape index (κ3) is 2.53. The maximum Gasteiger partial charge on any atom is 0.342 e. The lowest BCUT2D eigenvalue weighted by molar-refractivity contribution is -0.0108. The van der Waals surface area contributed by atoms with E-state index in [9.17, 15) is 9.59 Å². The van der Waals surface area contributed by atoms with Gasteiger partial charge in [-0.25, -0.2) is 9.89 Å². The van der Waals surface area contributed by atoms with Crippen molar-refractivity contribution in [2.45, 2.75) is 19.1 Å².